The van der Waals surface area contributed by atoms with Gasteiger partial charge in [-0.15, -0.1) is 0 Å². The van der Waals surface area contributed by atoms with Crippen molar-refractivity contribution in [2.45, 2.75) is 46.2 Å². The Morgan fingerprint density at radius 1 is 1.14 bits per heavy atom. The highest BCUT2D eigenvalue weighted by Gasteiger charge is 2.32. The van der Waals surface area contributed by atoms with Gasteiger partial charge in [-0.1, -0.05) is 20.3 Å². The van der Waals surface area contributed by atoms with Crippen molar-refractivity contribution in [2.75, 3.05) is 29.9 Å². The molecule has 0 aromatic carbocycles. The highest BCUT2D eigenvalue weighted by atomic mass is 19.4. The summed E-state index contributed by atoms with van der Waals surface area (Å²) < 4.78 is 38.3. The van der Waals surface area contributed by atoms with Gasteiger partial charge in [0, 0.05) is 18.7 Å². The summed E-state index contributed by atoms with van der Waals surface area (Å²) in [6.45, 7) is 5.77. The molecule has 0 aliphatic heterocycles. The van der Waals surface area contributed by atoms with E-state index in [4.69, 9.17) is 0 Å². The molecule has 120 valence electrons. The largest absolute Gasteiger partial charge is 0.405 e. The minimum absolute atomic E-state index is 0.318. The van der Waals surface area contributed by atoms with Crippen LogP contribution >= 0.6 is 0 Å². The molecule has 4 nitrogen and oxygen atoms in total. The summed E-state index contributed by atoms with van der Waals surface area (Å²) in [7, 11) is 0. The van der Waals surface area contributed by atoms with Crippen molar-refractivity contribution in [3.05, 3.63) is 11.9 Å². The molecule has 1 heterocycles. The molecule has 1 N–H and O–H groups in total. The number of hydrogen-bond donors (Lipinski definition) is 1. The third-order valence-corrected chi connectivity index (χ3v) is 2.93. The summed E-state index contributed by atoms with van der Waals surface area (Å²) in [6, 6.07) is 0. The second-order valence-corrected chi connectivity index (χ2v) is 4.84. The van der Waals surface area contributed by atoms with E-state index in [1.165, 1.54) is 11.2 Å². The third-order valence-electron chi connectivity index (χ3n) is 2.93. The number of hydrogen-bond acceptors (Lipinski definition) is 4. The fourth-order valence-corrected chi connectivity index (χ4v) is 2.22. The Balaban J connectivity index is 3.18. The normalized spacial score (nSPS) is 11.5. The number of anilines is 2. The van der Waals surface area contributed by atoms with E-state index in [1.54, 1.807) is 0 Å². The second-order valence-electron chi connectivity index (χ2n) is 4.84. The molecule has 0 atom stereocenters. The van der Waals surface area contributed by atoms with Gasteiger partial charge in [-0.3, -0.25) is 0 Å². The van der Waals surface area contributed by atoms with Gasteiger partial charge >= 0.3 is 6.18 Å². The van der Waals surface area contributed by atoms with E-state index in [0.717, 1.165) is 12.0 Å². The molecule has 0 unspecified atom stereocenters. The smallest absolute Gasteiger partial charge is 0.370 e. The van der Waals surface area contributed by atoms with Crippen LogP contribution in [-0.2, 0) is 6.42 Å². The Bertz CT molecular complexity index is 435. The average Bonchev–Trinajstić information content (AvgIpc) is 2.39. The molecule has 0 spiro atoms. The minimum Gasteiger partial charge on any atom is -0.370 e. The van der Waals surface area contributed by atoms with E-state index in [2.05, 4.69) is 15.3 Å². The molecule has 0 amide bonds. The number of aromatic nitrogens is 2. The molecule has 21 heavy (non-hydrogen) atoms. The van der Waals surface area contributed by atoms with Gasteiger partial charge in [-0.2, -0.15) is 13.2 Å². The lowest BCUT2D eigenvalue weighted by Gasteiger charge is -2.27. The van der Waals surface area contributed by atoms with Gasteiger partial charge in [0.15, 0.2) is 0 Å². The second kappa shape index (κ2) is 8.05. The standard InChI is InChI=1S/C14H23F3N4/c1-4-7-11-12(18-6-3)19-10-20-13(11)21(8-5-2)9-14(15,16)17/h10H,4-9H2,1-3H3,(H,18,19,20). The molecular formula is C14H23F3N4. The molecule has 0 fully saturated rings. The van der Waals surface area contributed by atoms with Crippen LogP contribution in [-0.4, -0.2) is 35.8 Å². The Labute approximate surface area is 123 Å². The van der Waals surface area contributed by atoms with Crippen molar-refractivity contribution in [2.24, 2.45) is 0 Å². The number of nitrogens with zero attached hydrogens (tertiary/aromatic N) is 3. The lowest BCUT2D eigenvalue weighted by atomic mass is 10.1. The molecular weight excluding hydrogens is 281 g/mol. The molecule has 7 heteroatoms. The number of alkyl halides is 3. The van der Waals surface area contributed by atoms with E-state index < -0.39 is 12.7 Å². The van der Waals surface area contributed by atoms with Crippen LogP contribution < -0.4 is 10.2 Å². The molecule has 0 bridgehead atoms. The monoisotopic (exact) mass is 304 g/mol. The summed E-state index contributed by atoms with van der Waals surface area (Å²) in [4.78, 5) is 9.57. The van der Waals surface area contributed by atoms with Crippen LogP contribution in [0.25, 0.3) is 0 Å². The first-order valence-electron chi connectivity index (χ1n) is 7.32. The van der Waals surface area contributed by atoms with Crippen molar-refractivity contribution in [3.63, 3.8) is 0 Å². The van der Waals surface area contributed by atoms with Gasteiger partial charge in [0.2, 0.25) is 0 Å². The maximum absolute atomic E-state index is 12.8. The highest BCUT2D eigenvalue weighted by molar-refractivity contribution is 5.59. The van der Waals surface area contributed by atoms with Crippen molar-refractivity contribution >= 4 is 11.6 Å². The maximum Gasteiger partial charge on any atom is 0.405 e. The van der Waals surface area contributed by atoms with Crippen LogP contribution in [0.15, 0.2) is 6.33 Å². The molecule has 0 saturated carbocycles. The maximum atomic E-state index is 12.8. The topological polar surface area (TPSA) is 41.1 Å². The van der Waals surface area contributed by atoms with Crippen LogP contribution in [0.2, 0.25) is 0 Å². The molecule has 1 aromatic rings. The first-order valence-corrected chi connectivity index (χ1v) is 7.32. The zero-order valence-corrected chi connectivity index (χ0v) is 12.8. The van der Waals surface area contributed by atoms with Gasteiger partial charge in [0.05, 0.1) is 0 Å². The number of halogens is 3. The lowest BCUT2D eigenvalue weighted by molar-refractivity contribution is -0.119. The van der Waals surface area contributed by atoms with Crippen LogP contribution in [0.5, 0.6) is 0 Å². The first-order chi connectivity index (χ1) is 9.92. The Morgan fingerprint density at radius 2 is 1.86 bits per heavy atom. The van der Waals surface area contributed by atoms with E-state index in [-0.39, 0.29) is 0 Å². The van der Waals surface area contributed by atoms with E-state index in [1.807, 2.05) is 20.8 Å². The molecule has 0 radical (unpaired) electrons. The van der Waals surface area contributed by atoms with Gasteiger partial charge in [-0.05, 0) is 19.8 Å². The van der Waals surface area contributed by atoms with Gasteiger partial charge in [0.25, 0.3) is 0 Å². The number of nitrogens with one attached hydrogen (secondary N) is 1. The third kappa shape index (κ3) is 5.40. The summed E-state index contributed by atoms with van der Waals surface area (Å²) in [5, 5.41) is 3.10. The van der Waals surface area contributed by atoms with E-state index >= 15 is 0 Å². The average molecular weight is 304 g/mol. The number of rotatable bonds is 8. The first kappa shape index (κ1) is 17.5. The predicted molar refractivity (Wildman–Crippen MR) is 78.7 cm³/mol. The highest BCUT2D eigenvalue weighted by Crippen LogP contribution is 2.28. The zero-order valence-electron chi connectivity index (χ0n) is 12.8. The molecule has 1 aromatic heterocycles. The van der Waals surface area contributed by atoms with Crippen LogP contribution in [0.4, 0.5) is 24.8 Å². The lowest BCUT2D eigenvalue weighted by Crippen LogP contribution is -2.36. The molecule has 0 saturated heterocycles. The van der Waals surface area contributed by atoms with Crippen molar-refractivity contribution in [3.8, 4) is 0 Å². The van der Waals surface area contributed by atoms with E-state index in [0.29, 0.717) is 37.6 Å². The van der Waals surface area contributed by atoms with E-state index in [9.17, 15) is 13.2 Å². The Morgan fingerprint density at radius 3 is 2.38 bits per heavy atom. The van der Waals surface area contributed by atoms with Crippen LogP contribution in [0.3, 0.4) is 0 Å². The fraction of sp³-hybridized carbons (Fsp3) is 0.714. The summed E-state index contributed by atoms with van der Waals surface area (Å²) in [5.41, 5.74) is 0.763. The summed E-state index contributed by atoms with van der Waals surface area (Å²) in [6.07, 6.45) is -0.822. The molecule has 0 aliphatic carbocycles. The van der Waals surface area contributed by atoms with Crippen molar-refractivity contribution < 1.29 is 13.2 Å². The van der Waals surface area contributed by atoms with Crippen LogP contribution in [0.1, 0.15) is 39.2 Å². The van der Waals surface area contributed by atoms with Gasteiger partial charge < -0.3 is 10.2 Å². The zero-order chi connectivity index (χ0) is 15.9. The summed E-state index contributed by atoms with van der Waals surface area (Å²) >= 11 is 0. The summed E-state index contributed by atoms with van der Waals surface area (Å²) in [5.74, 6) is 1.02. The quantitative estimate of drug-likeness (QED) is 0.796. The molecule has 0 aliphatic rings. The van der Waals surface area contributed by atoms with Gasteiger partial charge in [-0.25, -0.2) is 9.97 Å². The Hall–Kier alpha value is -1.53. The minimum atomic E-state index is -4.25. The Kier molecular flexibility index (Phi) is 6.71. The van der Waals surface area contributed by atoms with Crippen LogP contribution in [0, 0.1) is 0 Å². The SMILES string of the molecule is CCCc1c(NCC)ncnc1N(CCC)CC(F)(F)F. The van der Waals surface area contributed by atoms with Crippen molar-refractivity contribution in [1.29, 1.82) is 0 Å². The predicted octanol–water partition coefficient (Wildman–Crippen LogP) is 3.64. The van der Waals surface area contributed by atoms with Gasteiger partial charge in [0.1, 0.15) is 24.5 Å². The van der Waals surface area contributed by atoms with Crippen molar-refractivity contribution in [1.82, 2.24) is 9.97 Å². The molecule has 1 rings (SSSR count). The fourth-order valence-electron chi connectivity index (χ4n) is 2.22.